The summed E-state index contributed by atoms with van der Waals surface area (Å²) >= 11 is 6.06. The van der Waals surface area contributed by atoms with Gasteiger partial charge in [-0.2, -0.15) is 0 Å². The highest BCUT2D eigenvalue weighted by Gasteiger charge is 2.29. The van der Waals surface area contributed by atoms with Crippen LogP contribution in [0.4, 0.5) is 5.69 Å². The molecule has 108 valence electrons. The Morgan fingerprint density at radius 1 is 1.40 bits per heavy atom. The molecule has 0 radical (unpaired) electrons. The van der Waals surface area contributed by atoms with Gasteiger partial charge in [0.05, 0.1) is 10.6 Å². The molecule has 4 nitrogen and oxygen atoms in total. The molecule has 2 amide bonds. The minimum atomic E-state index is -0.216. The van der Waals surface area contributed by atoms with Gasteiger partial charge in [0, 0.05) is 17.6 Å². The molecule has 1 aromatic rings. The molecule has 1 aromatic carbocycles. The average Bonchev–Trinajstić information content (AvgIpc) is 3.25. The summed E-state index contributed by atoms with van der Waals surface area (Å²) in [4.78, 5) is 23.8. The van der Waals surface area contributed by atoms with Crippen molar-refractivity contribution in [1.29, 1.82) is 0 Å². The summed E-state index contributed by atoms with van der Waals surface area (Å²) in [5.74, 6) is -0.0736. The first-order chi connectivity index (χ1) is 9.51. The van der Waals surface area contributed by atoms with Crippen molar-refractivity contribution in [2.45, 2.75) is 39.2 Å². The van der Waals surface area contributed by atoms with Gasteiger partial charge in [0.2, 0.25) is 5.91 Å². The van der Waals surface area contributed by atoms with Gasteiger partial charge in [-0.3, -0.25) is 9.59 Å². The third-order valence-corrected chi connectivity index (χ3v) is 3.75. The van der Waals surface area contributed by atoms with E-state index in [-0.39, 0.29) is 23.8 Å². The van der Waals surface area contributed by atoms with Gasteiger partial charge in [-0.25, -0.2) is 0 Å². The molecular formula is C15H19ClN2O2. The number of amides is 2. The van der Waals surface area contributed by atoms with E-state index >= 15 is 0 Å². The van der Waals surface area contributed by atoms with Gasteiger partial charge in [-0.1, -0.05) is 18.5 Å². The normalized spacial score (nSPS) is 15.6. The molecule has 1 saturated carbocycles. The first-order valence-corrected chi connectivity index (χ1v) is 7.30. The van der Waals surface area contributed by atoms with E-state index in [0.29, 0.717) is 16.3 Å². The summed E-state index contributed by atoms with van der Waals surface area (Å²) in [6, 6.07) is 5.06. The number of rotatable bonds is 5. The fourth-order valence-corrected chi connectivity index (χ4v) is 1.97. The first kappa shape index (κ1) is 14.9. The van der Waals surface area contributed by atoms with Crippen molar-refractivity contribution in [2.75, 3.05) is 5.32 Å². The maximum Gasteiger partial charge on any atom is 0.253 e. The topological polar surface area (TPSA) is 58.2 Å². The number of hydrogen-bond acceptors (Lipinski definition) is 2. The van der Waals surface area contributed by atoms with Crippen LogP contribution < -0.4 is 10.6 Å². The summed E-state index contributed by atoms with van der Waals surface area (Å²) in [5.41, 5.74) is 1.00. The molecule has 0 saturated heterocycles. The van der Waals surface area contributed by atoms with Crippen LogP contribution in [-0.2, 0) is 4.79 Å². The number of halogens is 1. The van der Waals surface area contributed by atoms with Crippen molar-refractivity contribution in [3.8, 4) is 0 Å². The van der Waals surface area contributed by atoms with E-state index in [9.17, 15) is 9.59 Å². The molecule has 1 aliphatic carbocycles. The van der Waals surface area contributed by atoms with E-state index in [0.717, 1.165) is 19.3 Å². The Kier molecular flexibility index (Phi) is 4.65. The molecule has 2 N–H and O–H groups in total. The molecule has 0 heterocycles. The highest BCUT2D eigenvalue weighted by Crippen LogP contribution is 2.30. The summed E-state index contributed by atoms with van der Waals surface area (Å²) in [5, 5.41) is 6.07. The van der Waals surface area contributed by atoms with Gasteiger partial charge in [-0.15, -0.1) is 0 Å². The second-order valence-corrected chi connectivity index (χ2v) is 5.65. The Balaban J connectivity index is 2.11. The van der Waals surface area contributed by atoms with E-state index in [4.69, 9.17) is 11.6 Å². The molecule has 1 fully saturated rings. The summed E-state index contributed by atoms with van der Waals surface area (Å²) in [6.45, 7) is 3.93. The van der Waals surface area contributed by atoms with Crippen LogP contribution in [0.15, 0.2) is 18.2 Å². The van der Waals surface area contributed by atoms with E-state index in [1.807, 2.05) is 13.8 Å². The van der Waals surface area contributed by atoms with E-state index in [2.05, 4.69) is 10.6 Å². The maximum atomic E-state index is 12.1. The van der Waals surface area contributed by atoms with Crippen molar-refractivity contribution in [1.82, 2.24) is 5.32 Å². The van der Waals surface area contributed by atoms with Crippen molar-refractivity contribution in [2.24, 2.45) is 5.92 Å². The van der Waals surface area contributed by atoms with Gasteiger partial charge in [-0.05, 0) is 44.4 Å². The van der Waals surface area contributed by atoms with Crippen LogP contribution in [0.2, 0.25) is 5.02 Å². The molecule has 1 aliphatic rings. The summed E-state index contributed by atoms with van der Waals surface area (Å²) < 4.78 is 0. The minimum absolute atomic E-state index is 0.0145. The molecule has 1 atom stereocenters. The summed E-state index contributed by atoms with van der Waals surface area (Å²) in [6.07, 6.45) is 2.74. The minimum Gasteiger partial charge on any atom is -0.350 e. The van der Waals surface area contributed by atoms with Crippen molar-refractivity contribution in [3.63, 3.8) is 0 Å². The van der Waals surface area contributed by atoms with Crippen LogP contribution in [0, 0.1) is 5.92 Å². The van der Waals surface area contributed by atoms with Gasteiger partial charge in [0.15, 0.2) is 0 Å². The van der Waals surface area contributed by atoms with Crippen LogP contribution >= 0.6 is 11.6 Å². The van der Waals surface area contributed by atoms with Gasteiger partial charge in [0.1, 0.15) is 0 Å². The van der Waals surface area contributed by atoms with Crippen LogP contribution in [0.5, 0.6) is 0 Å². The lowest BCUT2D eigenvalue weighted by Crippen LogP contribution is -2.32. The zero-order valence-corrected chi connectivity index (χ0v) is 12.5. The smallest absolute Gasteiger partial charge is 0.253 e. The Labute approximate surface area is 123 Å². The third kappa shape index (κ3) is 3.73. The number of hydrogen-bond donors (Lipinski definition) is 2. The van der Waals surface area contributed by atoms with Crippen LogP contribution in [0.3, 0.4) is 0 Å². The van der Waals surface area contributed by atoms with Crippen molar-refractivity contribution in [3.05, 3.63) is 28.8 Å². The highest BCUT2D eigenvalue weighted by molar-refractivity contribution is 6.34. The first-order valence-electron chi connectivity index (χ1n) is 6.92. The molecule has 5 heteroatoms. The lowest BCUT2D eigenvalue weighted by molar-refractivity contribution is -0.117. The largest absolute Gasteiger partial charge is 0.350 e. The second-order valence-electron chi connectivity index (χ2n) is 5.24. The van der Waals surface area contributed by atoms with Crippen LogP contribution in [0.1, 0.15) is 43.5 Å². The number of anilines is 1. The number of benzene rings is 1. The number of nitrogens with one attached hydrogen (secondary N) is 2. The van der Waals surface area contributed by atoms with Crippen LogP contribution in [-0.4, -0.2) is 17.9 Å². The second kappa shape index (κ2) is 6.27. The van der Waals surface area contributed by atoms with Gasteiger partial charge in [0.25, 0.3) is 5.91 Å². The standard InChI is InChI=1S/C15H19ClN2O2/c1-3-9(2)17-15(20)12-8-11(6-7-13(12)16)18-14(19)10-4-5-10/h6-10H,3-5H2,1-2H3,(H,17,20)(H,18,19). The lowest BCUT2D eigenvalue weighted by atomic mass is 10.1. The Morgan fingerprint density at radius 3 is 2.70 bits per heavy atom. The van der Waals surface area contributed by atoms with Crippen molar-refractivity contribution < 1.29 is 9.59 Å². The van der Waals surface area contributed by atoms with E-state index < -0.39 is 0 Å². The predicted octanol–water partition coefficient (Wildman–Crippen LogP) is 3.22. The van der Waals surface area contributed by atoms with Gasteiger partial charge < -0.3 is 10.6 Å². The average molecular weight is 295 g/mol. The highest BCUT2D eigenvalue weighted by atomic mass is 35.5. The third-order valence-electron chi connectivity index (χ3n) is 3.42. The van der Waals surface area contributed by atoms with E-state index in [1.54, 1.807) is 18.2 Å². The monoisotopic (exact) mass is 294 g/mol. The molecule has 0 aromatic heterocycles. The molecular weight excluding hydrogens is 276 g/mol. The predicted molar refractivity (Wildman–Crippen MR) is 80.0 cm³/mol. The maximum absolute atomic E-state index is 12.1. The molecule has 20 heavy (non-hydrogen) atoms. The summed E-state index contributed by atoms with van der Waals surface area (Å²) in [7, 11) is 0. The molecule has 0 bridgehead atoms. The molecule has 0 aliphatic heterocycles. The SMILES string of the molecule is CCC(C)NC(=O)c1cc(NC(=O)C2CC2)ccc1Cl. The van der Waals surface area contributed by atoms with E-state index in [1.165, 1.54) is 0 Å². The Hall–Kier alpha value is -1.55. The fourth-order valence-electron chi connectivity index (χ4n) is 1.77. The molecule has 1 unspecified atom stereocenters. The zero-order chi connectivity index (χ0) is 14.7. The molecule has 2 rings (SSSR count). The fraction of sp³-hybridized carbons (Fsp3) is 0.467. The van der Waals surface area contributed by atoms with Crippen molar-refractivity contribution >= 4 is 29.1 Å². The lowest BCUT2D eigenvalue weighted by Gasteiger charge is -2.13. The molecule has 0 spiro atoms. The van der Waals surface area contributed by atoms with Crippen LogP contribution in [0.25, 0.3) is 0 Å². The Morgan fingerprint density at radius 2 is 2.10 bits per heavy atom. The quantitative estimate of drug-likeness (QED) is 0.876. The Bertz CT molecular complexity index is 527. The number of carbonyl (C=O) groups is 2. The zero-order valence-electron chi connectivity index (χ0n) is 11.7. The van der Waals surface area contributed by atoms with Gasteiger partial charge >= 0.3 is 0 Å². The number of carbonyl (C=O) groups excluding carboxylic acids is 2.